The van der Waals surface area contributed by atoms with Gasteiger partial charge in [0, 0.05) is 45.8 Å². The van der Waals surface area contributed by atoms with Crippen LogP contribution in [0, 0.1) is 6.92 Å². The molecular weight excluding hydrogens is 334 g/mol. The largest absolute Gasteiger partial charge is 0.342 e. The molecule has 3 aromatic rings. The SMILES string of the molecule is Cc1nc2ccc(CNCc3ccccc3CN3CCN(C)CC3)cc2[nH]1. The summed E-state index contributed by atoms with van der Waals surface area (Å²) in [7, 11) is 2.21. The summed E-state index contributed by atoms with van der Waals surface area (Å²) in [5.41, 5.74) is 6.27. The highest BCUT2D eigenvalue weighted by atomic mass is 15.2. The van der Waals surface area contributed by atoms with E-state index in [9.17, 15) is 0 Å². The smallest absolute Gasteiger partial charge is 0.104 e. The molecule has 2 N–H and O–H groups in total. The van der Waals surface area contributed by atoms with Crippen LogP contribution in [-0.4, -0.2) is 53.0 Å². The Kier molecular flexibility index (Phi) is 5.53. The Balaban J connectivity index is 1.36. The van der Waals surface area contributed by atoms with Gasteiger partial charge in [0.25, 0.3) is 0 Å². The topological polar surface area (TPSA) is 47.2 Å². The molecule has 2 heterocycles. The summed E-state index contributed by atoms with van der Waals surface area (Å²) >= 11 is 0. The average Bonchev–Trinajstić information content (AvgIpc) is 3.04. The highest BCUT2D eigenvalue weighted by molar-refractivity contribution is 5.75. The standard InChI is InChI=1S/C22H29N5/c1-17-24-21-8-7-18(13-22(21)25-17)14-23-15-19-5-3-4-6-20(19)16-27-11-9-26(2)10-12-27/h3-8,13,23H,9-12,14-16H2,1-2H3,(H,24,25). The van der Waals surface area contributed by atoms with E-state index in [1.165, 1.54) is 16.7 Å². The van der Waals surface area contributed by atoms with E-state index < -0.39 is 0 Å². The second-order valence-electron chi connectivity index (χ2n) is 7.63. The molecule has 5 nitrogen and oxygen atoms in total. The quantitative estimate of drug-likeness (QED) is 0.707. The van der Waals surface area contributed by atoms with Crippen molar-refractivity contribution in [3.63, 3.8) is 0 Å². The zero-order valence-electron chi connectivity index (χ0n) is 16.3. The van der Waals surface area contributed by atoms with Crippen LogP contribution in [0.5, 0.6) is 0 Å². The van der Waals surface area contributed by atoms with Gasteiger partial charge in [0.05, 0.1) is 11.0 Å². The molecule has 0 radical (unpaired) electrons. The molecule has 4 rings (SSSR count). The zero-order chi connectivity index (χ0) is 18.6. The number of piperazine rings is 1. The van der Waals surface area contributed by atoms with Gasteiger partial charge in [0.15, 0.2) is 0 Å². The fourth-order valence-electron chi connectivity index (χ4n) is 3.77. The molecule has 0 spiro atoms. The molecule has 2 aromatic carbocycles. The van der Waals surface area contributed by atoms with Crippen LogP contribution >= 0.6 is 0 Å². The number of aromatic nitrogens is 2. The molecule has 0 amide bonds. The van der Waals surface area contributed by atoms with Gasteiger partial charge in [-0.15, -0.1) is 0 Å². The minimum Gasteiger partial charge on any atom is -0.342 e. The van der Waals surface area contributed by atoms with Crippen molar-refractivity contribution < 1.29 is 0 Å². The van der Waals surface area contributed by atoms with Gasteiger partial charge >= 0.3 is 0 Å². The molecule has 0 unspecified atom stereocenters. The van der Waals surface area contributed by atoms with E-state index in [1.54, 1.807) is 0 Å². The number of nitrogens with zero attached hydrogens (tertiary/aromatic N) is 3. The number of imidazole rings is 1. The second kappa shape index (κ2) is 8.21. The molecule has 1 aromatic heterocycles. The summed E-state index contributed by atoms with van der Waals surface area (Å²) in [6, 6.07) is 15.3. The lowest BCUT2D eigenvalue weighted by Gasteiger charge is -2.32. The van der Waals surface area contributed by atoms with E-state index in [2.05, 4.69) is 74.6 Å². The lowest BCUT2D eigenvalue weighted by atomic mass is 10.1. The summed E-state index contributed by atoms with van der Waals surface area (Å²) in [6.45, 7) is 9.43. The third-order valence-corrected chi connectivity index (χ3v) is 5.42. The van der Waals surface area contributed by atoms with Gasteiger partial charge < -0.3 is 15.2 Å². The lowest BCUT2D eigenvalue weighted by molar-refractivity contribution is 0.148. The van der Waals surface area contributed by atoms with Crippen molar-refractivity contribution in [3.05, 3.63) is 65.0 Å². The summed E-state index contributed by atoms with van der Waals surface area (Å²) < 4.78 is 0. The van der Waals surface area contributed by atoms with Gasteiger partial charge in [0.2, 0.25) is 0 Å². The monoisotopic (exact) mass is 363 g/mol. The predicted molar refractivity (Wildman–Crippen MR) is 111 cm³/mol. The molecule has 1 fully saturated rings. The highest BCUT2D eigenvalue weighted by Crippen LogP contribution is 2.15. The van der Waals surface area contributed by atoms with Crippen LogP contribution < -0.4 is 5.32 Å². The van der Waals surface area contributed by atoms with E-state index in [0.29, 0.717) is 0 Å². The Bertz CT molecular complexity index is 893. The van der Waals surface area contributed by atoms with E-state index in [4.69, 9.17) is 0 Å². The zero-order valence-corrected chi connectivity index (χ0v) is 16.3. The third kappa shape index (κ3) is 4.56. The first-order valence-corrected chi connectivity index (χ1v) is 9.81. The van der Waals surface area contributed by atoms with Crippen molar-refractivity contribution in [2.75, 3.05) is 33.2 Å². The summed E-state index contributed by atoms with van der Waals surface area (Å²) in [5.74, 6) is 0.966. The number of hydrogen-bond acceptors (Lipinski definition) is 4. The van der Waals surface area contributed by atoms with Gasteiger partial charge in [0.1, 0.15) is 5.82 Å². The number of benzene rings is 2. The van der Waals surface area contributed by atoms with Crippen molar-refractivity contribution >= 4 is 11.0 Å². The molecule has 1 aliphatic heterocycles. The molecule has 27 heavy (non-hydrogen) atoms. The Labute approximate surface area is 161 Å². The van der Waals surface area contributed by atoms with Gasteiger partial charge in [-0.2, -0.15) is 0 Å². The van der Waals surface area contributed by atoms with Crippen LogP contribution in [0.2, 0.25) is 0 Å². The molecule has 0 aliphatic carbocycles. The Morgan fingerprint density at radius 1 is 1.00 bits per heavy atom. The maximum Gasteiger partial charge on any atom is 0.104 e. The molecule has 0 saturated carbocycles. The number of likely N-dealkylation sites (N-methyl/N-ethyl adjacent to an activating group) is 1. The number of aromatic amines is 1. The summed E-state index contributed by atoms with van der Waals surface area (Å²) in [4.78, 5) is 12.8. The minimum atomic E-state index is 0.858. The summed E-state index contributed by atoms with van der Waals surface area (Å²) in [6.07, 6.45) is 0. The molecule has 142 valence electrons. The molecule has 5 heteroatoms. The van der Waals surface area contributed by atoms with Gasteiger partial charge in [-0.1, -0.05) is 30.3 Å². The second-order valence-corrected chi connectivity index (χ2v) is 7.63. The van der Waals surface area contributed by atoms with E-state index in [-0.39, 0.29) is 0 Å². The van der Waals surface area contributed by atoms with E-state index in [1.807, 2.05) is 6.92 Å². The van der Waals surface area contributed by atoms with Crippen molar-refractivity contribution in [2.45, 2.75) is 26.6 Å². The van der Waals surface area contributed by atoms with E-state index >= 15 is 0 Å². The maximum atomic E-state index is 4.47. The molecule has 0 atom stereocenters. The van der Waals surface area contributed by atoms with Crippen molar-refractivity contribution in [1.29, 1.82) is 0 Å². The molecular formula is C22H29N5. The van der Waals surface area contributed by atoms with Crippen molar-refractivity contribution in [2.24, 2.45) is 0 Å². The fourth-order valence-corrected chi connectivity index (χ4v) is 3.77. The van der Waals surface area contributed by atoms with Gasteiger partial charge in [-0.3, -0.25) is 4.90 Å². The lowest BCUT2D eigenvalue weighted by Crippen LogP contribution is -2.44. The average molecular weight is 364 g/mol. The number of aryl methyl sites for hydroxylation is 1. The van der Waals surface area contributed by atoms with Gasteiger partial charge in [-0.05, 0) is 42.8 Å². The van der Waals surface area contributed by atoms with Crippen LogP contribution in [-0.2, 0) is 19.6 Å². The molecule has 1 saturated heterocycles. The number of hydrogen-bond donors (Lipinski definition) is 2. The van der Waals surface area contributed by atoms with E-state index in [0.717, 1.165) is 62.7 Å². The molecule has 1 aliphatic rings. The normalized spacial score (nSPS) is 16.2. The Morgan fingerprint density at radius 3 is 2.59 bits per heavy atom. The van der Waals surface area contributed by atoms with Gasteiger partial charge in [-0.25, -0.2) is 4.98 Å². The van der Waals surface area contributed by atoms with Crippen LogP contribution in [0.4, 0.5) is 0 Å². The van der Waals surface area contributed by atoms with Crippen molar-refractivity contribution in [1.82, 2.24) is 25.1 Å². The predicted octanol–water partition coefficient (Wildman–Crippen LogP) is 2.91. The summed E-state index contributed by atoms with van der Waals surface area (Å²) in [5, 5.41) is 3.61. The third-order valence-electron chi connectivity index (χ3n) is 5.42. The number of H-pyrrole nitrogens is 1. The van der Waals surface area contributed by atoms with Crippen LogP contribution in [0.15, 0.2) is 42.5 Å². The van der Waals surface area contributed by atoms with Crippen LogP contribution in [0.1, 0.15) is 22.5 Å². The number of nitrogens with one attached hydrogen (secondary N) is 2. The first kappa shape index (κ1) is 18.2. The number of rotatable bonds is 6. The first-order chi connectivity index (χ1) is 13.2. The Morgan fingerprint density at radius 2 is 1.78 bits per heavy atom. The van der Waals surface area contributed by atoms with Crippen LogP contribution in [0.3, 0.4) is 0 Å². The minimum absolute atomic E-state index is 0.858. The van der Waals surface area contributed by atoms with Crippen molar-refractivity contribution in [3.8, 4) is 0 Å². The van der Waals surface area contributed by atoms with Crippen LogP contribution in [0.25, 0.3) is 11.0 Å². The Hall–Kier alpha value is -2.21. The fraction of sp³-hybridized carbons (Fsp3) is 0.409. The molecule has 0 bridgehead atoms. The first-order valence-electron chi connectivity index (χ1n) is 9.81. The maximum absolute atomic E-state index is 4.47. The highest BCUT2D eigenvalue weighted by Gasteiger charge is 2.15. The number of fused-ring (bicyclic) bond motifs is 1.